The molecule has 0 bridgehead atoms. The summed E-state index contributed by atoms with van der Waals surface area (Å²) in [5, 5.41) is 7.63. The summed E-state index contributed by atoms with van der Waals surface area (Å²) in [4.78, 5) is 11.8. The number of carbonyl (C=O) groups is 1. The number of Topliss-reactive ketones (excluding diaryl/α,β-unsaturated/α-hetero) is 1. The number of nitrogens with two attached hydrogens (primary N) is 1. The average Bonchev–Trinajstić information content (AvgIpc) is 3.11. The van der Waals surface area contributed by atoms with Crippen molar-refractivity contribution in [2.24, 2.45) is 7.05 Å². The van der Waals surface area contributed by atoms with Crippen LogP contribution in [0.4, 0.5) is 5.95 Å². The lowest BCUT2D eigenvalue weighted by atomic mass is 10.1. The van der Waals surface area contributed by atoms with Gasteiger partial charge in [-0.1, -0.05) is 57.5 Å². The van der Waals surface area contributed by atoms with E-state index in [1.807, 2.05) is 59.0 Å². The van der Waals surface area contributed by atoms with E-state index in [4.69, 9.17) is 5.73 Å². The number of allylic oxidation sites excluding steroid dienone is 2. The lowest BCUT2D eigenvalue weighted by Gasteiger charge is -2.02. The quantitative estimate of drug-likeness (QED) is 0.784. The number of carbonyl (C=O) groups excluding carboxylic acids is 1. The van der Waals surface area contributed by atoms with Crippen LogP contribution in [-0.2, 0) is 13.5 Å². The van der Waals surface area contributed by atoms with Gasteiger partial charge >= 0.3 is 0 Å². The van der Waals surface area contributed by atoms with Crippen molar-refractivity contribution in [3.63, 3.8) is 0 Å². The summed E-state index contributed by atoms with van der Waals surface area (Å²) in [7, 11) is 1.87. The van der Waals surface area contributed by atoms with Gasteiger partial charge in [0.1, 0.15) is 5.82 Å². The van der Waals surface area contributed by atoms with E-state index in [-0.39, 0.29) is 5.78 Å². The number of benzene rings is 1. The van der Waals surface area contributed by atoms with E-state index in [1.165, 1.54) is 5.56 Å². The number of ketones is 1. The third-order valence-corrected chi connectivity index (χ3v) is 3.97. The van der Waals surface area contributed by atoms with Crippen LogP contribution < -0.4 is 5.73 Å². The molecule has 0 aliphatic heterocycles. The van der Waals surface area contributed by atoms with Crippen LogP contribution in [0.3, 0.4) is 0 Å². The Labute approximate surface area is 151 Å². The maximum Gasteiger partial charge on any atom is 0.221 e. The monoisotopic (exact) mass is 342 g/mol. The van der Waals surface area contributed by atoms with E-state index in [2.05, 4.69) is 24.0 Å². The molecule has 0 spiro atoms. The van der Waals surface area contributed by atoms with E-state index in [1.54, 1.807) is 4.57 Å². The minimum absolute atomic E-state index is 0.218. The van der Waals surface area contributed by atoms with Crippen LogP contribution in [0.15, 0.2) is 35.4 Å². The summed E-state index contributed by atoms with van der Waals surface area (Å²) in [6.45, 7) is 12.1. The molecule has 0 amide bonds. The zero-order valence-electron chi connectivity index (χ0n) is 16.4. The Morgan fingerprint density at radius 2 is 1.76 bits per heavy atom. The van der Waals surface area contributed by atoms with E-state index in [9.17, 15) is 4.79 Å². The number of aromatic nitrogens is 3. The van der Waals surface area contributed by atoms with Gasteiger partial charge in [-0.2, -0.15) is 0 Å². The second kappa shape index (κ2) is 9.16. The summed E-state index contributed by atoms with van der Waals surface area (Å²) >= 11 is 0. The molecule has 1 aliphatic rings. The summed E-state index contributed by atoms with van der Waals surface area (Å²) in [5.41, 5.74) is 9.64. The molecule has 5 heteroatoms. The summed E-state index contributed by atoms with van der Waals surface area (Å²) in [6.07, 6.45) is 0.817. The van der Waals surface area contributed by atoms with Crippen LogP contribution in [0, 0.1) is 0 Å². The molecule has 0 atom stereocenters. The number of rotatable bonds is 1. The summed E-state index contributed by atoms with van der Waals surface area (Å²) < 4.78 is 1.80. The predicted molar refractivity (Wildman–Crippen MR) is 104 cm³/mol. The van der Waals surface area contributed by atoms with Gasteiger partial charge in [-0.3, -0.25) is 4.79 Å². The Morgan fingerprint density at radius 1 is 1.16 bits per heavy atom. The zero-order chi connectivity index (χ0) is 19.1. The lowest BCUT2D eigenvalue weighted by Crippen LogP contribution is -2.02. The standard InChI is InChI=1S/C12H12O.C6H12N4.C2H6/c1-8(2)11-7-9-5-3-4-6-10(9)12(11)13;1-4(2)5-8-9-6(7)10(5)3;1-2/h3-6H,7H2,1-2H3;4H,1-3H3,(H2,7,9);1-2H3. The third kappa shape index (κ3) is 4.78. The summed E-state index contributed by atoms with van der Waals surface area (Å²) in [5.74, 6) is 2.01. The number of fused-ring (bicyclic) bond motifs is 1. The van der Waals surface area contributed by atoms with E-state index >= 15 is 0 Å². The Morgan fingerprint density at radius 3 is 2.16 bits per heavy atom. The van der Waals surface area contributed by atoms with E-state index in [0.29, 0.717) is 11.9 Å². The summed E-state index contributed by atoms with van der Waals surface area (Å²) in [6, 6.07) is 7.85. The smallest absolute Gasteiger partial charge is 0.221 e. The highest BCUT2D eigenvalue weighted by atomic mass is 16.1. The van der Waals surface area contributed by atoms with Crippen molar-refractivity contribution in [2.45, 2.75) is 53.9 Å². The molecule has 1 aliphatic carbocycles. The minimum Gasteiger partial charge on any atom is -0.368 e. The normalized spacial score (nSPS) is 12.2. The molecule has 0 unspecified atom stereocenters. The van der Waals surface area contributed by atoms with Crippen molar-refractivity contribution in [2.75, 3.05) is 5.73 Å². The maximum atomic E-state index is 11.8. The van der Waals surface area contributed by atoms with Crippen LogP contribution >= 0.6 is 0 Å². The zero-order valence-corrected chi connectivity index (χ0v) is 16.4. The molecule has 25 heavy (non-hydrogen) atoms. The third-order valence-electron chi connectivity index (χ3n) is 3.97. The Bertz CT molecular complexity index is 753. The van der Waals surface area contributed by atoms with Crippen molar-refractivity contribution < 1.29 is 4.79 Å². The molecule has 2 aromatic rings. The molecule has 0 fully saturated rings. The van der Waals surface area contributed by atoms with Crippen LogP contribution in [-0.4, -0.2) is 20.5 Å². The highest BCUT2D eigenvalue weighted by molar-refractivity contribution is 6.13. The number of nitrogen functional groups attached to an aromatic ring is 1. The van der Waals surface area contributed by atoms with Crippen molar-refractivity contribution in [3.8, 4) is 0 Å². The molecule has 0 radical (unpaired) electrons. The van der Waals surface area contributed by atoms with Gasteiger partial charge in [0.05, 0.1) is 0 Å². The Balaban J connectivity index is 0.000000235. The fraction of sp³-hybridized carbons (Fsp3) is 0.450. The molecule has 5 nitrogen and oxygen atoms in total. The van der Waals surface area contributed by atoms with Crippen molar-refractivity contribution in [3.05, 3.63) is 52.4 Å². The number of hydrogen-bond donors (Lipinski definition) is 1. The maximum absolute atomic E-state index is 11.8. The minimum atomic E-state index is 0.218. The first-order valence-electron chi connectivity index (χ1n) is 8.76. The van der Waals surface area contributed by atoms with Gasteiger partial charge in [0, 0.05) is 30.5 Å². The Kier molecular flexibility index (Phi) is 7.55. The second-order valence-corrected chi connectivity index (χ2v) is 6.27. The molecule has 1 aromatic carbocycles. The first kappa shape index (κ1) is 20.6. The topological polar surface area (TPSA) is 73.8 Å². The molecule has 0 saturated carbocycles. The van der Waals surface area contributed by atoms with Crippen LogP contribution in [0.2, 0.25) is 0 Å². The van der Waals surface area contributed by atoms with Gasteiger partial charge in [0.25, 0.3) is 0 Å². The molecule has 3 rings (SSSR count). The number of anilines is 1. The fourth-order valence-corrected chi connectivity index (χ4v) is 2.59. The molecule has 136 valence electrons. The van der Waals surface area contributed by atoms with Crippen molar-refractivity contribution in [1.29, 1.82) is 0 Å². The highest BCUT2D eigenvalue weighted by Gasteiger charge is 2.24. The number of nitrogens with zero attached hydrogens (tertiary/aromatic N) is 3. The van der Waals surface area contributed by atoms with Gasteiger partial charge in [0.15, 0.2) is 5.78 Å². The van der Waals surface area contributed by atoms with Crippen molar-refractivity contribution >= 4 is 11.7 Å². The fourth-order valence-electron chi connectivity index (χ4n) is 2.59. The first-order valence-corrected chi connectivity index (χ1v) is 8.76. The molecule has 1 aromatic heterocycles. The lowest BCUT2D eigenvalue weighted by molar-refractivity contribution is 0.103. The van der Waals surface area contributed by atoms with Gasteiger partial charge < -0.3 is 10.3 Å². The average molecular weight is 342 g/mol. The van der Waals surface area contributed by atoms with E-state index in [0.717, 1.165) is 29.0 Å². The predicted octanol–water partition coefficient (Wildman–Crippen LogP) is 4.31. The van der Waals surface area contributed by atoms with Gasteiger partial charge in [-0.25, -0.2) is 0 Å². The highest BCUT2D eigenvalue weighted by Crippen LogP contribution is 2.27. The SMILES string of the molecule is CC.CC(C)=C1Cc2ccccc2C1=O.CC(C)c1nnc(N)n1C. The molecule has 0 saturated heterocycles. The van der Waals surface area contributed by atoms with E-state index < -0.39 is 0 Å². The molecule has 1 heterocycles. The number of hydrogen-bond acceptors (Lipinski definition) is 4. The Hall–Kier alpha value is -2.43. The van der Waals surface area contributed by atoms with Gasteiger partial charge in [-0.05, 0) is 19.4 Å². The van der Waals surface area contributed by atoms with Crippen molar-refractivity contribution in [1.82, 2.24) is 14.8 Å². The van der Waals surface area contributed by atoms with Crippen LogP contribution in [0.1, 0.15) is 69.2 Å². The van der Waals surface area contributed by atoms with Gasteiger partial charge in [0.2, 0.25) is 5.95 Å². The largest absolute Gasteiger partial charge is 0.368 e. The molecular weight excluding hydrogens is 312 g/mol. The van der Waals surface area contributed by atoms with Crippen LogP contribution in [0.25, 0.3) is 0 Å². The molecular formula is C20H30N4O. The molecule has 2 N–H and O–H groups in total. The second-order valence-electron chi connectivity index (χ2n) is 6.27. The first-order chi connectivity index (χ1) is 11.8. The van der Waals surface area contributed by atoms with Gasteiger partial charge in [-0.15, -0.1) is 10.2 Å². The van der Waals surface area contributed by atoms with Crippen LogP contribution in [0.5, 0.6) is 0 Å².